The first-order chi connectivity index (χ1) is 11.5. The number of anilines is 1. The summed E-state index contributed by atoms with van der Waals surface area (Å²) in [7, 11) is 0. The van der Waals surface area contributed by atoms with Crippen molar-refractivity contribution in [3.63, 3.8) is 0 Å². The molecule has 1 aromatic heterocycles. The maximum Gasteiger partial charge on any atom is 1.00 e. The molecule has 1 aromatic carbocycles. The number of halogens is 2. The molecule has 1 heterocycles. The van der Waals surface area contributed by atoms with Gasteiger partial charge in [-0.05, 0) is 31.0 Å². The summed E-state index contributed by atoms with van der Waals surface area (Å²) in [6.45, 7) is 0.345. The Hall–Kier alpha value is -1.02. The standard InChI is InChI=1S/C17H18F2N2O2S.Na/c18-13-6-5-11(9-14(13)19)15-10-24-17(20-15)21(8-7-16(22)23)12-3-1-2-4-12;/h5-6,9-10,12H,1-4,7-8H2,(H,22,23);/q;+1/p-1. The van der Waals surface area contributed by atoms with Gasteiger partial charge in [0.1, 0.15) is 0 Å². The number of hydrogen-bond donors (Lipinski definition) is 0. The Morgan fingerprint density at radius 3 is 2.64 bits per heavy atom. The van der Waals surface area contributed by atoms with E-state index in [2.05, 4.69) is 4.98 Å². The zero-order valence-corrected chi connectivity index (χ0v) is 16.8. The number of nitrogens with zero attached hydrogens (tertiary/aromatic N) is 2. The second-order valence-electron chi connectivity index (χ2n) is 5.90. The Bertz CT molecular complexity index is 735. The normalized spacial score (nSPS) is 14.3. The van der Waals surface area contributed by atoms with Gasteiger partial charge in [-0.25, -0.2) is 13.8 Å². The minimum atomic E-state index is -1.09. The van der Waals surface area contributed by atoms with E-state index in [1.165, 1.54) is 17.4 Å². The van der Waals surface area contributed by atoms with E-state index in [9.17, 15) is 18.7 Å². The van der Waals surface area contributed by atoms with Crippen LogP contribution in [0.2, 0.25) is 0 Å². The van der Waals surface area contributed by atoms with Crippen molar-refractivity contribution in [2.24, 2.45) is 0 Å². The molecule has 128 valence electrons. The summed E-state index contributed by atoms with van der Waals surface area (Å²) in [5.74, 6) is -2.89. The summed E-state index contributed by atoms with van der Waals surface area (Å²) in [6.07, 6.45) is 4.19. The molecule has 0 spiro atoms. The van der Waals surface area contributed by atoms with Crippen molar-refractivity contribution in [3.05, 3.63) is 35.2 Å². The third-order valence-electron chi connectivity index (χ3n) is 4.28. The molecule has 2 aromatic rings. The summed E-state index contributed by atoms with van der Waals surface area (Å²) < 4.78 is 26.5. The van der Waals surface area contributed by atoms with Gasteiger partial charge >= 0.3 is 29.6 Å². The van der Waals surface area contributed by atoms with Gasteiger partial charge in [-0.1, -0.05) is 12.8 Å². The average molecular weight is 374 g/mol. The molecule has 0 radical (unpaired) electrons. The predicted octanol–water partition coefficient (Wildman–Crippen LogP) is -0.0187. The van der Waals surface area contributed by atoms with Gasteiger partial charge in [0.2, 0.25) is 0 Å². The molecule has 0 bridgehead atoms. The molecule has 4 nitrogen and oxygen atoms in total. The fourth-order valence-corrected chi connectivity index (χ4v) is 3.98. The first-order valence-electron chi connectivity index (χ1n) is 7.92. The first-order valence-corrected chi connectivity index (χ1v) is 8.80. The SMILES string of the molecule is O=C([O-])CCN(c1nc(-c2ccc(F)c(F)c2)cs1)C1CCCC1.[Na+]. The number of thiazole rings is 1. The molecule has 0 saturated heterocycles. The zero-order chi connectivity index (χ0) is 17.1. The molecule has 0 atom stereocenters. The van der Waals surface area contributed by atoms with Crippen molar-refractivity contribution in [1.82, 2.24) is 4.98 Å². The summed E-state index contributed by atoms with van der Waals surface area (Å²) in [5, 5.41) is 13.3. The maximum absolute atomic E-state index is 13.4. The molecule has 0 amide bonds. The molecule has 25 heavy (non-hydrogen) atoms. The van der Waals surface area contributed by atoms with Gasteiger partial charge in [0, 0.05) is 35.9 Å². The van der Waals surface area contributed by atoms with Crippen LogP contribution in [0.4, 0.5) is 13.9 Å². The monoisotopic (exact) mass is 374 g/mol. The summed E-state index contributed by atoms with van der Waals surface area (Å²) >= 11 is 1.39. The van der Waals surface area contributed by atoms with Gasteiger partial charge < -0.3 is 14.8 Å². The second-order valence-corrected chi connectivity index (χ2v) is 6.73. The molecule has 1 aliphatic carbocycles. The molecule has 1 saturated carbocycles. The third-order valence-corrected chi connectivity index (χ3v) is 5.15. The Morgan fingerprint density at radius 1 is 1.28 bits per heavy atom. The Labute approximate surface area is 171 Å². The average Bonchev–Trinajstić information content (AvgIpc) is 3.22. The van der Waals surface area contributed by atoms with Crippen LogP contribution in [0.15, 0.2) is 23.6 Å². The number of carbonyl (C=O) groups excluding carboxylic acids is 1. The largest absolute Gasteiger partial charge is 1.00 e. The number of rotatable bonds is 6. The minimum Gasteiger partial charge on any atom is -0.550 e. The van der Waals surface area contributed by atoms with E-state index in [0.717, 1.165) is 37.8 Å². The Kier molecular flexibility index (Phi) is 7.37. The van der Waals surface area contributed by atoms with E-state index in [1.807, 2.05) is 4.90 Å². The van der Waals surface area contributed by atoms with Crippen molar-refractivity contribution in [2.45, 2.75) is 38.1 Å². The number of aromatic nitrogens is 1. The van der Waals surface area contributed by atoms with E-state index in [4.69, 9.17) is 0 Å². The van der Waals surface area contributed by atoms with E-state index in [0.29, 0.717) is 22.9 Å². The van der Waals surface area contributed by atoms with E-state index in [-0.39, 0.29) is 42.0 Å². The van der Waals surface area contributed by atoms with Crippen molar-refractivity contribution in [1.29, 1.82) is 0 Å². The molecular formula is C17H17F2N2NaO2S. The van der Waals surface area contributed by atoms with Crippen LogP contribution < -0.4 is 39.6 Å². The topological polar surface area (TPSA) is 56.3 Å². The zero-order valence-electron chi connectivity index (χ0n) is 14.0. The second kappa shape index (κ2) is 9.07. The van der Waals surface area contributed by atoms with Crippen LogP contribution in [0.25, 0.3) is 11.3 Å². The Morgan fingerprint density at radius 2 is 2.00 bits per heavy atom. The van der Waals surface area contributed by atoms with Crippen LogP contribution >= 0.6 is 11.3 Å². The van der Waals surface area contributed by atoms with Crippen LogP contribution in [-0.2, 0) is 4.79 Å². The molecular weight excluding hydrogens is 357 g/mol. The Balaban J connectivity index is 0.00000225. The van der Waals surface area contributed by atoms with E-state index >= 15 is 0 Å². The molecule has 1 fully saturated rings. The van der Waals surface area contributed by atoms with Crippen LogP contribution in [0.5, 0.6) is 0 Å². The van der Waals surface area contributed by atoms with Gasteiger partial charge in [0.25, 0.3) is 0 Å². The predicted molar refractivity (Wildman–Crippen MR) is 86.7 cm³/mol. The molecule has 0 aliphatic heterocycles. The molecule has 0 unspecified atom stereocenters. The third kappa shape index (κ3) is 5.00. The van der Waals surface area contributed by atoms with Crippen LogP contribution in [-0.4, -0.2) is 23.5 Å². The van der Waals surface area contributed by atoms with Crippen molar-refractivity contribution in [3.8, 4) is 11.3 Å². The molecule has 8 heteroatoms. The molecule has 1 aliphatic rings. The number of carboxylic acids is 1. The van der Waals surface area contributed by atoms with Gasteiger partial charge in [0.15, 0.2) is 16.8 Å². The number of hydrogen-bond acceptors (Lipinski definition) is 5. The minimum absolute atomic E-state index is 0. The number of carboxylic acid groups (broad SMARTS) is 1. The van der Waals surface area contributed by atoms with Gasteiger partial charge in [-0.2, -0.15) is 0 Å². The summed E-state index contributed by atoms with van der Waals surface area (Å²) in [4.78, 5) is 17.3. The van der Waals surface area contributed by atoms with Crippen LogP contribution in [0, 0.1) is 11.6 Å². The fourth-order valence-electron chi connectivity index (χ4n) is 3.05. The van der Waals surface area contributed by atoms with Crippen molar-refractivity contribution in [2.75, 3.05) is 11.4 Å². The first kappa shape index (κ1) is 20.3. The van der Waals surface area contributed by atoms with E-state index in [1.54, 1.807) is 5.38 Å². The van der Waals surface area contributed by atoms with Gasteiger partial charge in [-0.3, -0.25) is 0 Å². The molecule has 3 rings (SSSR count). The number of carbonyl (C=O) groups is 1. The number of benzene rings is 1. The van der Waals surface area contributed by atoms with Crippen molar-refractivity contribution >= 4 is 22.4 Å². The van der Waals surface area contributed by atoms with Crippen LogP contribution in [0.1, 0.15) is 32.1 Å². The molecule has 0 N–H and O–H groups in total. The number of aliphatic carboxylic acids is 1. The van der Waals surface area contributed by atoms with Gasteiger partial charge in [0.05, 0.1) is 5.69 Å². The fraction of sp³-hybridized carbons (Fsp3) is 0.412. The van der Waals surface area contributed by atoms with Crippen molar-refractivity contribution < 1.29 is 48.2 Å². The summed E-state index contributed by atoms with van der Waals surface area (Å²) in [6, 6.07) is 3.95. The quantitative estimate of drug-likeness (QED) is 0.667. The van der Waals surface area contributed by atoms with E-state index < -0.39 is 17.6 Å². The summed E-state index contributed by atoms with van der Waals surface area (Å²) in [5.41, 5.74) is 1.06. The smallest absolute Gasteiger partial charge is 0.550 e. The van der Waals surface area contributed by atoms with Gasteiger partial charge in [-0.15, -0.1) is 11.3 Å². The van der Waals surface area contributed by atoms with Crippen LogP contribution in [0.3, 0.4) is 0 Å². The maximum atomic E-state index is 13.4.